The van der Waals surface area contributed by atoms with Gasteiger partial charge >= 0.3 is 0 Å². The minimum atomic E-state index is -0.326. The molecule has 8 heteroatoms. The Morgan fingerprint density at radius 3 is 2.87 bits per heavy atom. The van der Waals surface area contributed by atoms with E-state index in [4.69, 9.17) is 15.5 Å². The van der Waals surface area contributed by atoms with Crippen molar-refractivity contribution in [2.24, 2.45) is 10.9 Å². The lowest BCUT2D eigenvalue weighted by Gasteiger charge is -2.24. The number of ether oxygens (including phenoxy) is 1. The first-order valence-electron chi connectivity index (χ1n) is 13.3. The van der Waals surface area contributed by atoms with E-state index in [1.807, 2.05) is 31.3 Å². The number of methoxy groups -OCH3 is 1. The largest absolute Gasteiger partial charge is 0.497 e. The summed E-state index contributed by atoms with van der Waals surface area (Å²) in [5.41, 5.74) is 14.1. The molecule has 3 N–H and O–H groups in total. The zero-order valence-corrected chi connectivity index (χ0v) is 22.6. The Bertz CT molecular complexity index is 1510. The number of nitrogens with two attached hydrogens (primary N) is 1. The topological polar surface area (TPSA) is 78.8 Å². The molecule has 3 unspecified atom stereocenters. The van der Waals surface area contributed by atoms with Gasteiger partial charge in [-0.1, -0.05) is 18.2 Å². The third-order valence-corrected chi connectivity index (χ3v) is 7.64. The number of anilines is 1. The van der Waals surface area contributed by atoms with Crippen LogP contribution in [0.2, 0.25) is 0 Å². The molecule has 3 atom stereocenters. The number of likely N-dealkylation sites (N-methyl/N-ethyl adjacent to an activating group) is 1. The molecule has 4 aliphatic rings. The van der Waals surface area contributed by atoms with E-state index in [0.29, 0.717) is 24.2 Å². The molecule has 39 heavy (non-hydrogen) atoms. The monoisotopic (exact) mass is 524 g/mol. The maximum atomic E-state index is 14.4. The SMILES string of the molecule is CCN=C(C1=CC2C(c3cc(F)cc(OC)c3)=CC=CC2N1)c1cc(C2=CN3CC3C(N(C)C)=C2)cnc1N. The number of aromatic nitrogens is 1. The second-order valence-electron chi connectivity index (χ2n) is 10.4. The molecule has 1 aromatic carbocycles. The summed E-state index contributed by atoms with van der Waals surface area (Å²) in [6.45, 7) is 3.64. The Balaban J connectivity index is 1.36. The predicted molar refractivity (Wildman–Crippen MR) is 155 cm³/mol. The van der Waals surface area contributed by atoms with Gasteiger partial charge in [0.05, 0.1) is 30.6 Å². The van der Waals surface area contributed by atoms with E-state index in [-0.39, 0.29) is 17.8 Å². The number of halogens is 1. The van der Waals surface area contributed by atoms with Crippen molar-refractivity contribution in [3.63, 3.8) is 0 Å². The van der Waals surface area contributed by atoms with Crippen molar-refractivity contribution in [3.05, 3.63) is 101 Å². The van der Waals surface area contributed by atoms with Crippen LogP contribution in [0.4, 0.5) is 10.2 Å². The molecule has 0 saturated carbocycles. The fourth-order valence-electron chi connectivity index (χ4n) is 5.64. The first-order valence-corrected chi connectivity index (χ1v) is 13.3. The number of nitrogens with zero attached hydrogens (tertiary/aromatic N) is 4. The van der Waals surface area contributed by atoms with Gasteiger partial charge in [0.1, 0.15) is 17.4 Å². The Morgan fingerprint density at radius 2 is 2.10 bits per heavy atom. The molecule has 3 aliphatic heterocycles. The van der Waals surface area contributed by atoms with Crippen molar-refractivity contribution in [2.45, 2.75) is 19.0 Å². The van der Waals surface area contributed by atoms with E-state index in [9.17, 15) is 4.39 Å². The molecule has 1 aromatic heterocycles. The van der Waals surface area contributed by atoms with Crippen LogP contribution in [0.5, 0.6) is 5.75 Å². The summed E-state index contributed by atoms with van der Waals surface area (Å²) < 4.78 is 19.7. The Kier molecular flexibility index (Phi) is 6.25. The minimum Gasteiger partial charge on any atom is -0.497 e. The average Bonchev–Trinajstić information content (AvgIpc) is 3.59. The maximum absolute atomic E-state index is 14.4. The number of hydrogen-bond acceptors (Lipinski definition) is 7. The van der Waals surface area contributed by atoms with Gasteiger partial charge in [0.25, 0.3) is 0 Å². The number of nitrogens with one attached hydrogen (secondary N) is 1. The molecule has 0 spiro atoms. The van der Waals surface area contributed by atoms with Crippen molar-refractivity contribution in [1.29, 1.82) is 0 Å². The molecule has 1 aliphatic carbocycles. The molecule has 4 heterocycles. The summed E-state index contributed by atoms with van der Waals surface area (Å²) in [4.78, 5) is 14.0. The number of hydrogen-bond donors (Lipinski definition) is 2. The highest BCUT2D eigenvalue weighted by Gasteiger charge is 2.39. The highest BCUT2D eigenvalue weighted by molar-refractivity contribution is 6.15. The maximum Gasteiger partial charge on any atom is 0.132 e. The molecule has 1 fully saturated rings. The molecule has 200 valence electrons. The molecular formula is C31H33FN6O. The fraction of sp³-hybridized carbons (Fsp3) is 0.290. The zero-order valence-electron chi connectivity index (χ0n) is 22.6. The van der Waals surface area contributed by atoms with Crippen LogP contribution in [0.1, 0.15) is 23.6 Å². The molecule has 0 radical (unpaired) electrons. The summed E-state index contributed by atoms with van der Waals surface area (Å²) in [5, 5.41) is 3.63. The highest BCUT2D eigenvalue weighted by atomic mass is 19.1. The van der Waals surface area contributed by atoms with E-state index in [1.54, 1.807) is 13.2 Å². The lowest BCUT2D eigenvalue weighted by Crippen LogP contribution is -2.30. The molecule has 0 bridgehead atoms. The van der Waals surface area contributed by atoms with Gasteiger partial charge < -0.3 is 25.6 Å². The van der Waals surface area contributed by atoms with Crippen LogP contribution in [0.25, 0.3) is 11.1 Å². The number of allylic oxidation sites excluding steroid dienone is 5. The number of pyridine rings is 1. The van der Waals surface area contributed by atoms with E-state index < -0.39 is 0 Å². The molecule has 1 saturated heterocycles. The van der Waals surface area contributed by atoms with Gasteiger partial charge in [-0.15, -0.1) is 0 Å². The molecule has 7 nitrogen and oxygen atoms in total. The van der Waals surface area contributed by atoms with Crippen LogP contribution >= 0.6 is 0 Å². The summed E-state index contributed by atoms with van der Waals surface area (Å²) in [5.74, 6) is 0.603. The molecular weight excluding hydrogens is 491 g/mol. The summed E-state index contributed by atoms with van der Waals surface area (Å²) in [6.07, 6.45) is 14.6. The van der Waals surface area contributed by atoms with Gasteiger partial charge in [0, 0.05) is 74.0 Å². The number of nitrogen functional groups attached to an aromatic ring is 1. The second kappa shape index (κ2) is 9.76. The highest BCUT2D eigenvalue weighted by Crippen LogP contribution is 2.39. The molecule has 0 amide bonds. The predicted octanol–water partition coefficient (Wildman–Crippen LogP) is 4.23. The van der Waals surface area contributed by atoms with Gasteiger partial charge in [-0.05, 0) is 48.4 Å². The summed E-state index contributed by atoms with van der Waals surface area (Å²) >= 11 is 0. The van der Waals surface area contributed by atoms with E-state index in [2.05, 4.69) is 64.7 Å². The van der Waals surface area contributed by atoms with E-state index >= 15 is 0 Å². The van der Waals surface area contributed by atoms with Crippen LogP contribution in [0.3, 0.4) is 0 Å². The zero-order chi connectivity index (χ0) is 27.3. The first kappa shape index (κ1) is 25.0. The van der Waals surface area contributed by atoms with Crippen LogP contribution in [0, 0.1) is 11.7 Å². The lowest BCUT2D eigenvalue weighted by molar-refractivity contribution is 0.411. The molecule has 2 aromatic rings. The van der Waals surface area contributed by atoms with Crippen molar-refractivity contribution >= 4 is 22.7 Å². The van der Waals surface area contributed by atoms with Crippen molar-refractivity contribution in [3.8, 4) is 5.75 Å². The fourth-order valence-corrected chi connectivity index (χ4v) is 5.64. The van der Waals surface area contributed by atoms with Crippen LogP contribution in [0.15, 0.2) is 83.4 Å². The third-order valence-electron chi connectivity index (χ3n) is 7.64. The molecule has 6 rings (SSSR count). The van der Waals surface area contributed by atoms with Crippen molar-refractivity contribution < 1.29 is 9.13 Å². The Morgan fingerprint density at radius 1 is 1.26 bits per heavy atom. The van der Waals surface area contributed by atoms with Gasteiger partial charge in [-0.3, -0.25) is 4.99 Å². The van der Waals surface area contributed by atoms with Crippen molar-refractivity contribution in [2.75, 3.05) is 40.0 Å². The number of benzene rings is 1. The number of fused-ring (bicyclic) bond motifs is 2. The lowest BCUT2D eigenvalue weighted by atomic mass is 9.84. The number of rotatable bonds is 7. The quantitative estimate of drug-likeness (QED) is 0.417. The van der Waals surface area contributed by atoms with Crippen LogP contribution in [-0.4, -0.2) is 66.9 Å². The standard InChI is InChI=1S/C31H33FN6O/c1-5-34-30(25-11-19(15-35-31(25)33)20-12-28(37(2)3)29-17-38(29)16-20)27-14-24-23(7-6-8-26(24)36-27)18-9-21(32)13-22(10-18)39-4/h6-16,24,26,29,36H,5,17H2,1-4H3,(H2,33,35). The summed E-state index contributed by atoms with van der Waals surface area (Å²) in [7, 11) is 5.71. The van der Waals surface area contributed by atoms with Gasteiger partial charge in [0.15, 0.2) is 0 Å². The van der Waals surface area contributed by atoms with Gasteiger partial charge in [-0.25, -0.2) is 9.37 Å². The number of aliphatic imine (C=N–C) groups is 1. The van der Waals surface area contributed by atoms with E-state index in [1.165, 1.54) is 11.8 Å². The van der Waals surface area contributed by atoms with Gasteiger partial charge in [-0.2, -0.15) is 0 Å². The van der Waals surface area contributed by atoms with Crippen molar-refractivity contribution in [1.82, 2.24) is 20.1 Å². The Labute approximate surface area is 228 Å². The minimum absolute atomic E-state index is 0.00200. The second-order valence-corrected chi connectivity index (χ2v) is 10.4. The smallest absolute Gasteiger partial charge is 0.132 e. The van der Waals surface area contributed by atoms with Crippen LogP contribution < -0.4 is 15.8 Å². The normalized spacial score (nSPS) is 23.2. The van der Waals surface area contributed by atoms with Gasteiger partial charge in [0.2, 0.25) is 0 Å². The Hall–Kier alpha value is -4.33. The first-order chi connectivity index (χ1) is 18.9. The van der Waals surface area contributed by atoms with E-state index in [0.717, 1.165) is 45.8 Å². The van der Waals surface area contributed by atoms with Crippen LogP contribution in [-0.2, 0) is 0 Å². The summed E-state index contributed by atoms with van der Waals surface area (Å²) in [6, 6.07) is 7.38. The average molecular weight is 525 g/mol. The third kappa shape index (κ3) is 4.60.